The number of esters is 1. The molecule has 2 aromatic rings. The first-order chi connectivity index (χ1) is 12.8. The monoisotopic (exact) mass is 382 g/mol. The number of halogens is 3. The van der Waals surface area contributed by atoms with Gasteiger partial charge in [0.1, 0.15) is 17.1 Å². The maximum absolute atomic E-state index is 13.1. The zero-order valence-corrected chi connectivity index (χ0v) is 14.6. The largest absolute Gasteiger partial charge is 0.496 e. The molecule has 10 heteroatoms. The van der Waals surface area contributed by atoms with Crippen LogP contribution in [0.25, 0.3) is 0 Å². The second-order valence-electron chi connectivity index (χ2n) is 5.91. The average molecular weight is 382 g/mol. The third-order valence-corrected chi connectivity index (χ3v) is 3.81. The molecule has 0 unspecified atom stereocenters. The molecule has 1 heterocycles. The summed E-state index contributed by atoms with van der Waals surface area (Å²) in [4.78, 5) is 19.3. The molecule has 1 aromatic heterocycles. The molecule has 1 aromatic carbocycles. The van der Waals surface area contributed by atoms with Crippen LogP contribution in [0, 0.1) is 0 Å². The van der Waals surface area contributed by atoms with Crippen molar-refractivity contribution in [1.82, 2.24) is 9.97 Å². The number of aromatic nitrogens is 2. The van der Waals surface area contributed by atoms with Gasteiger partial charge in [0.15, 0.2) is 5.69 Å². The van der Waals surface area contributed by atoms with Crippen LogP contribution in [-0.2, 0) is 10.9 Å². The Labute approximate surface area is 152 Å². The van der Waals surface area contributed by atoms with Crippen molar-refractivity contribution >= 4 is 23.4 Å². The summed E-state index contributed by atoms with van der Waals surface area (Å²) >= 11 is 0. The number of carbonyl (C=O) groups is 1. The van der Waals surface area contributed by atoms with E-state index in [9.17, 15) is 18.0 Å². The lowest BCUT2D eigenvalue weighted by atomic mass is 10.2. The molecule has 2 N–H and O–H groups in total. The van der Waals surface area contributed by atoms with E-state index < -0.39 is 17.8 Å². The van der Waals surface area contributed by atoms with Crippen LogP contribution in [0.3, 0.4) is 0 Å². The molecule has 0 saturated heterocycles. The number of anilines is 3. The third-order valence-electron chi connectivity index (χ3n) is 3.81. The number of alkyl halides is 3. The highest BCUT2D eigenvalue weighted by atomic mass is 19.4. The second kappa shape index (κ2) is 7.29. The number of benzene rings is 1. The maximum Gasteiger partial charge on any atom is 0.433 e. The van der Waals surface area contributed by atoms with E-state index in [1.54, 1.807) is 0 Å². The standard InChI is InChI=1S/C17H17F3N4O3/c1-26-12-7-10(5-6-11(12)15(25)27-2)21-14-8-13(17(18,19)20)23-16(24-14)22-9-3-4-9/h5-9H,3-4H2,1-2H3,(H2,21,22,23,24). The molecule has 0 aliphatic heterocycles. The molecule has 0 atom stereocenters. The summed E-state index contributed by atoms with van der Waals surface area (Å²) in [7, 11) is 2.61. The molecule has 7 nitrogen and oxygen atoms in total. The van der Waals surface area contributed by atoms with Crippen molar-refractivity contribution in [2.24, 2.45) is 0 Å². The molecule has 0 bridgehead atoms. The first-order valence-corrected chi connectivity index (χ1v) is 8.06. The van der Waals surface area contributed by atoms with Gasteiger partial charge in [-0.1, -0.05) is 0 Å². The minimum absolute atomic E-state index is 0.0339. The van der Waals surface area contributed by atoms with Crippen molar-refractivity contribution in [1.29, 1.82) is 0 Å². The number of nitrogens with one attached hydrogen (secondary N) is 2. The van der Waals surface area contributed by atoms with E-state index in [4.69, 9.17) is 4.74 Å². The van der Waals surface area contributed by atoms with Gasteiger partial charge in [0, 0.05) is 23.9 Å². The topological polar surface area (TPSA) is 85.4 Å². The molecule has 3 rings (SSSR count). The predicted molar refractivity (Wildman–Crippen MR) is 91.3 cm³/mol. The van der Waals surface area contributed by atoms with Crippen LogP contribution in [0.2, 0.25) is 0 Å². The van der Waals surface area contributed by atoms with Crippen molar-refractivity contribution in [3.63, 3.8) is 0 Å². The summed E-state index contributed by atoms with van der Waals surface area (Å²) in [6.45, 7) is 0. The Morgan fingerprint density at radius 2 is 1.93 bits per heavy atom. The molecule has 0 spiro atoms. The lowest BCUT2D eigenvalue weighted by molar-refractivity contribution is -0.141. The summed E-state index contributed by atoms with van der Waals surface area (Å²) in [6.07, 6.45) is -2.87. The van der Waals surface area contributed by atoms with Crippen LogP contribution >= 0.6 is 0 Å². The number of hydrogen-bond donors (Lipinski definition) is 2. The van der Waals surface area contributed by atoms with Crippen LogP contribution in [0.5, 0.6) is 5.75 Å². The van der Waals surface area contributed by atoms with Crippen LogP contribution in [-0.4, -0.2) is 36.2 Å². The summed E-state index contributed by atoms with van der Waals surface area (Å²) in [5.74, 6) is -0.495. The Bertz CT molecular complexity index is 854. The van der Waals surface area contributed by atoms with Gasteiger partial charge in [-0.2, -0.15) is 18.2 Å². The third kappa shape index (κ3) is 4.57. The first-order valence-electron chi connectivity index (χ1n) is 8.06. The van der Waals surface area contributed by atoms with Gasteiger partial charge < -0.3 is 20.1 Å². The molecule has 144 valence electrons. The van der Waals surface area contributed by atoms with Crippen LogP contribution < -0.4 is 15.4 Å². The number of methoxy groups -OCH3 is 2. The zero-order valence-electron chi connectivity index (χ0n) is 14.6. The van der Waals surface area contributed by atoms with Gasteiger partial charge in [0.2, 0.25) is 5.95 Å². The maximum atomic E-state index is 13.1. The number of carbonyl (C=O) groups excluding carboxylic acids is 1. The zero-order chi connectivity index (χ0) is 19.6. The van der Waals surface area contributed by atoms with E-state index in [1.807, 2.05) is 0 Å². The van der Waals surface area contributed by atoms with Gasteiger partial charge in [0.25, 0.3) is 0 Å². The fourth-order valence-corrected chi connectivity index (χ4v) is 2.33. The predicted octanol–water partition coefficient (Wildman–Crippen LogP) is 3.61. The Balaban J connectivity index is 1.90. The van der Waals surface area contributed by atoms with Crippen molar-refractivity contribution in [3.8, 4) is 5.75 Å². The minimum atomic E-state index is -4.61. The van der Waals surface area contributed by atoms with E-state index >= 15 is 0 Å². The fourth-order valence-electron chi connectivity index (χ4n) is 2.33. The SMILES string of the molecule is COC(=O)c1ccc(Nc2cc(C(F)(F)F)nc(NC3CC3)n2)cc1OC. The molecular formula is C17H17F3N4O3. The van der Waals surface area contributed by atoms with E-state index in [1.165, 1.54) is 32.4 Å². The first kappa shape index (κ1) is 18.7. The lowest BCUT2D eigenvalue weighted by Gasteiger charge is -2.14. The van der Waals surface area contributed by atoms with Crippen LogP contribution in [0.15, 0.2) is 24.3 Å². The minimum Gasteiger partial charge on any atom is -0.496 e. The molecule has 1 saturated carbocycles. The van der Waals surface area contributed by atoms with E-state index in [0.29, 0.717) is 5.69 Å². The van der Waals surface area contributed by atoms with E-state index in [-0.39, 0.29) is 29.1 Å². The number of hydrogen-bond acceptors (Lipinski definition) is 7. The van der Waals surface area contributed by atoms with Gasteiger partial charge in [-0.3, -0.25) is 0 Å². The second-order valence-corrected chi connectivity index (χ2v) is 5.91. The summed E-state index contributed by atoms with van der Waals surface area (Å²) in [6, 6.07) is 5.34. The quantitative estimate of drug-likeness (QED) is 0.738. The van der Waals surface area contributed by atoms with Gasteiger partial charge in [-0.15, -0.1) is 0 Å². The molecule has 1 aliphatic carbocycles. The summed E-state index contributed by atoms with van der Waals surface area (Å²) in [5, 5.41) is 5.65. The Morgan fingerprint density at radius 1 is 1.19 bits per heavy atom. The normalized spacial score (nSPS) is 13.8. The average Bonchev–Trinajstić information content (AvgIpc) is 3.44. The summed E-state index contributed by atoms with van der Waals surface area (Å²) in [5.41, 5.74) is -0.467. The van der Waals surface area contributed by atoms with Crippen molar-refractivity contribution in [3.05, 3.63) is 35.5 Å². The fraction of sp³-hybridized carbons (Fsp3) is 0.353. The van der Waals surface area contributed by atoms with Gasteiger partial charge >= 0.3 is 12.1 Å². The smallest absolute Gasteiger partial charge is 0.433 e. The Morgan fingerprint density at radius 3 is 2.52 bits per heavy atom. The molecule has 1 aliphatic rings. The van der Waals surface area contributed by atoms with Gasteiger partial charge in [-0.05, 0) is 25.0 Å². The van der Waals surface area contributed by atoms with Crippen molar-refractivity contribution < 1.29 is 27.4 Å². The lowest BCUT2D eigenvalue weighted by Crippen LogP contribution is -2.14. The highest BCUT2D eigenvalue weighted by Crippen LogP contribution is 2.32. The highest BCUT2D eigenvalue weighted by Gasteiger charge is 2.34. The Hall–Kier alpha value is -3.04. The van der Waals surface area contributed by atoms with Crippen LogP contribution in [0.1, 0.15) is 28.9 Å². The number of rotatable bonds is 6. The van der Waals surface area contributed by atoms with Crippen LogP contribution in [0.4, 0.5) is 30.6 Å². The molecule has 0 radical (unpaired) electrons. The number of ether oxygens (including phenoxy) is 2. The van der Waals surface area contributed by atoms with Gasteiger partial charge in [-0.25, -0.2) is 9.78 Å². The van der Waals surface area contributed by atoms with Gasteiger partial charge in [0.05, 0.1) is 14.2 Å². The summed E-state index contributed by atoms with van der Waals surface area (Å²) < 4.78 is 49.2. The molecule has 0 amide bonds. The van der Waals surface area contributed by atoms with Crippen molar-refractivity contribution in [2.45, 2.75) is 25.1 Å². The van der Waals surface area contributed by atoms with E-state index in [0.717, 1.165) is 18.9 Å². The van der Waals surface area contributed by atoms with E-state index in [2.05, 4.69) is 25.3 Å². The molecule has 27 heavy (non-hydrogen) atoms. The molecule has 1 fully saturated rings. The Kier molecular flexibility index (Phi) is 5.06. The molecular weight excluding hydrogens is 365 g/mol. The number of nitrogens with zero attached hydrogens (tertiary/aromatic N) is 2. The highest BCUT2D eigenvalue weighted by molar-refractivity contribution is 5.93. The van der Waals surface area contributed by atoms with Crippen molar-refractivity contribution in [2.75, 3.05) is 24.9 Å².